The molecule has 0 N–H and O–H groups in total. The Hall–Kier alpha value is -1.14. The highest BCUT2D eigenvalue weighted by atomic mass is 32.2. The number of ether oxygens (including phenoxy) is 1. The fourth-order valence-corrected chi connectivity index (χ4v) is 5.26. The van der Waals surface area contributed by atoms with Gasteiger partial charge in [-0.15, -0.1) is 11.3 Å². The minimum absolute atomic E-state index is 0.132. The van der Waals surface area contributed by atoms with Crippen LogP contribution in [0.1, 0.15) is 50.5 Å². The maximum absolute atomic E-state index is 12.4. The zero-order valence-electron chi connectivity index (χ0n) is 14.5. The Labute approximate surface area is 151 Å². The Morgan fingerprint density at radius 3 is 2.88 bits per heavy atom. The summed E-state index contributed by atoms with van der Waals surface area (Å²) >= 11 is 3.33. The molecule has 0 bridgehead atoms. The van der Waals surface area contributed by atoms with Gasteiger partial charge in [-0.2, -0.15) is 0 Å². The van der Waals surface area contributed by atoms with Crippen LogP contribution in [0.5, 0.6) is 0 Å². The molecule has 0 saturated heterocycles. The van der Waals surface area contributed by atoms with E-state index >= 15 is 0 Å². The van der Waals surface area contributed by atoms with E-state index in [-0.39, 0.29) is 11.2 Å². The molecule has 3 rings (SSSR count). The summed E-state index contributed by atoms with van der Waals surface area (Å²) in [6.07, 6.45) is 7.09. The molecule has 1 unspecified atom stereocenters. The van der Waals surface area contributed by atoms with Gasteiger partial charge in [0.15, 0.2) is 0 Å². The van der Waals surface area contributed by atoms with Crippen molar-refractivity contribution in [2.75, 3.05) is 6.61 Å². The minimum Gasteiger partial charge on any atom is -0.465 e. The van der Waals surface area contributed by atoms with Crippen molar-refractivity contribution < 1.29 is 9.53 Å². The highest BCUT2D eigenvalue weighted by molar-refractivity contribution is 8.00. The number of esters is 1. The van der Waals surface area contributed by atoms with Gasteiger partial charge in [0, 0.05) is 10.3 Å². The van der Waals surface area contributed by atoms with Gasteiger partial charge in [0.1, 0.15) is 21.4 Å². The number of carbonyl (C=O) groups is 1. The van der Waals surface area contributed by atoms with Crippen molar-refractivity contribution >= 4 is 39.3 Å². The zero-order chi connectivity index (χ0) is 17.1. The highest BCUT2D eigenvalue weighted by Gasteiger charge is 2.25. The first-order valence-corrected chi connectivity index (χ1v) is 10.4. The molecule has 1 atom stereocenters. The summed E-state index contributed by atoms with van der Waals surface area (Å²) in [7, 11) is 0. The number of aromatic nitrogens is 2. The van der Waals surface area contributed by atoms with Crippen molar-refractivity contribution in [1.29, 1.82) is 0 Å². The summed E-state index contributed by atoms with van der Waals surface area (Å²) in [5.74, 6) is 0.221. The first-order chi connectivity index (χ1) is 11.6. The Kier molecular flexibility index (Phi) is 5.76. The van der Waals surface area contributed by atoms with E-state index in [0.717, 1.165) is 29.1 Å². The van der Waals surface area contributed by atoms with Crippen LogP contribution < -0.4 is 0 Å². The smallest absolute Gasteiger partial charge is 0.319 e. The van der Waals surface area contributed by atoms with Gasteiger partial charge in [0.25, 0.3) is 0 Å². The van der Waals surface area contributed by atoms with Crippen LogP contribution in [0.2, 0.25) is 0 Å². The zero-order valence-corrected chi connectivity index (χ0v) is 16.1. The van der Waals surface area contributed by atoms with Crippen LogP contribution in [0.15, 0.2) is 11.4 Å². The molecular weight excluding hydrogens is 340 g/mol. The molecule has 2 heterocycles. The van der Waals surface area contributed by atoms with E-state index in [1.807, 2.05) is 20.8 Å². The average molecular weight is 365 g/mol. The second-order valence-electron chi connectivity index (χ2n) is 6.61. The van der Waals surface area contributed by atoms with Crippen LogP contribution in [0.4, 0.5) is 0 Å². The lowest BCUT2D eigenvalue weighted by molar-refractivity contribution is -0.144. The fraction of sp³-hybridized carbons (Fsp3) is 0.611. The number of rotatable bonds is 6. The second-order valence-corrected chi connectivity index (χ2v) is 8.88. The van der Waals surface area contributed by atoms with Gasteiger partial charge in [-0.3, -0.25) is 4.79 Å². The standard InChI is InChI=1S/C18H24N2O2S2/c1-4-13(18(21)22-9-11(2)3)23-16-15-12-7-5-6-8-14(12)24-17(15)20-10-19-16/h10-11,13H,4-9H2,1-3H3. The fourth-order valence-electron chi connectivity index (χ4n) is 2.93. The number of thiophene rings is 1. The molecule has 0 spiro atoms. The summed E-state index contributed by atoms with van der Waals surface area (Å²) < 4.78 is 5.43. The number of nitrogens with zero attached hydrogens (tertiary/aromatic N) is 2. The average Bonchev–Trinajstić information content (AvgIpc) is 2.96. The summed E-state index contributed by atoms with van der Waals surface area (Å²) in [4.78, 5) is 23.8. The number of fused-ring (bicyclic) bond motifs is 3. The molecule has 6 heteroatoms. The van der Waals surface area contributed by atoms with E-state index in [4.69, 9.17) is 4.74 Å². The molecule has 0 aromatic carbocycles. The van der Waals surface area contributed by atoms with Gasteiger partial charge in [-0.05, 0) is 43.6 Å². The molecule has 4 nitrogen and oxygen atoms in total. The van der Waals surface area contributed by atoms with Crippen LogP contribution >= 0.6 is 23.1 Å². The third kappa shape index (κ3) is 3.75. The Bertz CT molecular complexity index is 727. The van der Waals surface area contributed by atoms with E-state index in [9.17, 15) is 4.79 Å². The predicted octanol–water partition coefficient (Wildman–Crippen LogP) is 4.64. The van der Waals surface area contributed by atoms with E-state index in [2.05, 4.69) is 9.97 Å². The van der Waals surface area contributed by atoms with E-state index in [1.165, 1.54) is 40.4 Å². The SMILES string of the molecule is CCC(Sc1ncnc2sc3c(c12)CCCC3)C(=O)OCC(C)C. The Morgan fingerprint density at radius 2 is 2.12 bits per heavy atom. The molecule has 0 amide bonds. The summed E-state index contributed by atoms with van der Waals surface area (Å²) in [6.45, 7) is 6.60. The van der Waals surface area contributed by atoms with Gasteiger partial charge in [0.2, 0.25) is 0 Å². The largest absolute Gasteiger partial charge is 0.465 e. The van der Waals surface area contributed by atoms with Crippen molar-refractivity contribution in [3.8, 4) is 0 Å². The second kappa shape index (κ2) is 7.83. The Balaban J connectivity index is 1.86. The molecule has 130 valence electrons. The van der Waals surface area contributed by atoms with Gasteiger partial charge in [0.05, 0.1) is 6.61 Å². The van der Waals surface area contributed by atoms with Crippen LogP contribution in [0.3, 0.4) is 0 Å². The molecular formula is C18H24N2O2S2. The van der Waals surface area contributed by atoms with Crippen LogP contribution in [0, 0.1) is 5.92 Å². The topological polar surface area (TPSA) is 52.1 Å². The quantitative estimate of drug-likeness (QED) is 0.424. The first kappa shape index (κ1) is 17.7. The number of carbonyl (C=O) groups excluding carboxylic acids is 1. The maximum atomic E-state index is 12.4. The molecule has 0 radical (unpaired) electrons. The summed E-state index contributed by atoms with van der Waals surface area (Å²) in [5, 5.41) is 1.91. The van der Waals surface area contributed by atoms with Crippen molar-refractivity contribution in [2.24, 2.45) is 5.92 Å². The lowest BCUT2D eigenvalue weighted by atomic mass is 9.97. The number of aryl methyl sites for hydroxylation is 2. The van der Waals surface area contributed by atoms with Crippen molar-refractivity contribution in [2.45, 2.75) is 63.2 Å². The van der Waals surface area contributed by atoms with Gasteiger partial charge in [-0.1, -0.05) is 32.5 Å². The van der Waals surface area contributed by atoms with Crippen LogP contribution in [0.25, 0.3) is 10.2 Å². The van der Waals surface area contributed by atoms with Crippen LogP contribution in [-0.4, -0.2) is 27.8 Å². The van der Waals surface area contributed by atoms with E-state index in [0.29, 0.717) is 12.5 Å². The monoisotopic (exact) mass is 364 g/mol. The minimum atomic E-state index is -0.207. The van der Waals surface area contributed by atoms with Crippen molar-refractivity contribution in [3.05, 3.63) is 16.8 Å². The normalized spacial score (nSPS) is 15.5. The van der Waals surface area contributed by atoms with E-state index < -0.39 is 0 Å². The predicted molar refractivity (Wildman–Crippen MR) is 99.8 cm³/mol. The number of thioether (sulfide) groups is 1. The molecule has 24 heavy (non-hydrogen) atoms. The van der Waals surface area contributed by atoms with E-state index in [1.54, 1.807) is 17.7 Å². The Morgan fingerprint density at radius 1 is 1.33 bits per heavy atom. The molecule has 2 aromatic rings. The van der Waals surface area contributed by atoms with Gasteiger partial charge >= 0.3 is 5.97 Å². The molecule has 2 aromatic heterocycles. The molecule has 1 aliphatic carbocycles. The molecule has 0 aliphatic heterocycles. The van der Waals surface area contributed by atoms with Crippen LogP contribution in [-0.2, 0) is 22.4 Å². The molecule has 0 saturated carbocycles. The molecule has 1 aliphatic rings. The number of hydrogen-bond donors (Lipinski definition) is 0. The lowest BCUT2D eigenvalue weighted by Gasteiger charge is -2.16. The molecule has 0 fully saturated rings. The highest BCUT2D eigenvalue weighted by Crippen LogP contribution is 2.40. The van der Waals surface area contributed by atoms with Crippen molar-refractivity contribution in [1.82, 2.24) is 9.97 Å². The van der Waals surface area contributed by atoms with Gasteiger partial charge < -0.3 is 4.74 Å². The lowest BCUT2D eigenvalue weighted by Crippen LogP contribution is -2.21. The summed E-state index contributed by atoms with van der Waals surface area (Å²) in [6, 6.07) is 0. The third-order valence-corrected chi connectivity index (χ3v) is 6.71. The van der Waals surface area contributed by atoms with Gasteiger partial charge in [-0.25, -0.2) is 9.97 Å². The van der Waals surface area contributed by atoms with Crippen molar-refractivity contribution in [3.63, 3.8) is 0 Å². The third-order valence-electron chi connectivity index (χ3n) is 4.16. The summed E-state index contributed by atoms with van der Waals surface area (Å²) in [5.41, 5.74) is 1.41. The number of hydrogen-bond acceptors (Lipinski definition) is 6. The first-order valence-electron chi connectivity index (χ1n) is 8.68. The maximum Gasteiger partial charge on any atom is 0.319 e.